The van der Waals surface area contributed by atoms with Crippen LogP contribution in [0.5, 0.6) is 5.75 Å². The summed E-state index contributed by atoms with van der Waals surface area (Å²) in [5.74, 6) is -0.205. The molecule has 4 aliphatic rings. The molecule has 0 bridgehead atoms. The second-order valence-electron chi connectivity index (χ2n) is 12.1. The highest BCUT2D eigenvalue weighted by atomic mass is 32.2. The maximum atomic E-state index is 12.8. The topological polar surface area (TPSA) is 124 Å². The summed E-state index contributed by atoms with van der Waals surface area (Å²) in [7, 11) is -3.15. The largest absolute Gasteiger partial charge is 0.492 e. The highest BCUT2D eigenvalue weighted by Gasteiger charge is 2.41. The fourth-order valence-electron chi connectivity index (χ4n) is 6.82. The van der Waals surface area contributed by atoms with Gasteiger partial charge in [0.15, 0.2) is 5.43 Å². The summed E-state index contributed by atoms with van der Waals surface area (Å²) in [6.07, 6.45) is 9.84. The van der Waals surface area contributed by atoms with Gasteiger partial charge >= 0.3 is 5.97 Å². The number of benzene rings is 1. The fourth-order valence-corrected chi connectivity index (χ4v) is 8.69. The van der Waals surface area contributed by atoms with Crippen molar-refractivity contribution in [1.82, 2.24) is 18.7 Å². The lowest BCUT2D eigenvalue weighted by Crippen LogP contribution is -2.40. The molecule has 1 saturated heterocycles. The minimum atomic E-state index is -3.15. The lowest BCUT2D eigenvalue weighted by molar-refractivity contribution is 0.0694. The van der Waals surface area contributed by atoms with Gasteiger partial charge < -0.3 is 14.4 Å². The number of hydrogen-bond donors (Lipinski definition) is 1. The van der Waals surface area contributed by atoms with Gasteiger partial charge in [-0.05, 0) is 49.7 Å². The Hall–Kier alpha value is -3.44. The zero-order chi connectivity index (χ0) is 28.6. The maximum Gasteiger partial charge on any atom is 0.341 e. The molecule has 1 N–H and O–H groups in total. The van der Waals surface area contributed by atoms with Crippen LogP contribution in [0.1, 0.15) is 73.1 Å². The number of carboxylic acid groups (broad SMARTS) is 1. The minimum absolute atomic E-state index is 0.00393. The molecule has 216 valence electrons. The standard InChI is InChI=1S/C30H34N4O6S/c1-17(2)25-12-18-11-23(19-14-31-34(15-19)20-5-8-32(9-6-20)41(38,39)21-3-4-21)29-22(7-10-40-29)28(18)26-13-27(35)24(30(36)37)16-33(25)26/h11,13-17,20-21,25H,3-10,12H2,1-2H3,(H,36,37). The molecule has 2 aromatic heterocycles. The van der Waals surface area contributed by atoms with Crippen molar-refractivity contribution in [3.8, 4) is 28.1 Å². The Kier molecular flexibility index (Phi) is 6.17. The van der Waals surface area contributed by atoms with Crippen LogP contribution in [0.15, 0.2) is 35.5 Å². The molecule has 10 nitrogen and oxygen atoms in total. The SMILES string of the molecule is CC(C)C1Cc2cc(-c3cnn(C4CCN(S(=O)(=O)C5CC5)CC4)c3)c3c(c2-c2cc(=O)c(C(=O)O)cn21)CCO3. The molecule has 41 heavy (non-hydrogen) atoms. The summed E-state index contributed by atoms with van der Waals surface area (Å²) in [5, 5.41) is 14.1. The van der Waals surface area contributed by atoms with Crippen LogP contribution >= 0.6 is 0 Å². The number of aromatic nitrogens is 3. The van der Waals surface area contributed by atoms with Crippen molar-refractivity contribution in [1.29, 1.82) is 0 Å². The number of fused-ring (bicyclic) bond motifs is 5. The van der Waals surface area contributed by atoms with Gasteiger partial charge in [0.25, 0.3) is 0 Å². The summed E-state index contributed by atoms with van der Waals surface area (Å²) in [6, 6.07) is 3.76. The molecule has 2 fully saturated rings. The Morgan fingerprint density at radius 2 is 1.88 bits per heavy atom. The number of sulfonamides is 1. The smallest absolute Gasteiger partial charge is 0.341 e. The zero-order valence-electron chi connectivity index (χ0n) is 23.2. The van der Waals surface area contributed by atoms with E-state index in [2.05, 4.69) is 19.9 Å². The normalized spacial score (nSPS) is 20.9. The van der Waals surface area contributed by atoms with Crippen LogP contribution in [0, 0.1) is 5.92 Å². The first kappa shape index (κ1) is 26.5. The lowest BCUT2D eigenvalue weighted by Gasteiger charge is -2.34. The predicted octanol–water partition coefficient (Wildman–Crippen LogP) is 3.89. The predicted molar refractivity (Wildman–Crippen MR) is 153 cm³/mol. The van der Waals surface area contributed by atoms with E-state index in [0.717, 1.165) is 64.9 Å². The van der Waals surface area contributed by atoms with Crippen molar-refractivity contribution in [2.45, 2.75) is 69.7 Å². The first-order chi connectivity index (χ1) is 19.6. The van der Waals surface area contributed by atoms with E-state index in [4.69, 9.17) is 9.84 Å². The molecule has 3 aliphatic heterocycles. The van der Waals surface area contributed by atoms with E-state index in [1.54, 1.807) is 4.31 Å². The second-order valence-corrected chi connectivity index (χ2v) is 14.3. The maximum absolute atomic E-state index is 12.8. The molecule has 0 amide bonds. The fraction of sp³-hybridized carbons (Fsp3) is 0.500. The summed E-state index contributed by atoms with van der Waals surface area (Å²) in [4.78, 5) is 24.6. The average molecular weight is 579 g/mol. The Morgan fingerprint density at radius 1 is 1.12 bits per heavy atom. The Labute approximate surface area is 238 Å². The van der Waals surface area contributed by atoms with Gasteiger partial charge in [-0.15, -0.1) is 0 Å². The van der Waals surface area contributed by atoms with Crippen molar-refractivity contribution in [3.63, 3.8) is 0 Å². The summed E-state index contributed by atoms with van der Waals surface area (Å²) >= 11 is 0. The molecular weight excluding hydrogens is 544 g/mol. The van der Waals surface area contributed by atoms with Crippen LogP contribution in [-0.2, 0) is 22.9 Å². The number of hydrogen-bond acceptors (Lipinski definition) is 6. The molecule has 1 unspecified atom stereocenters. The van der Waals surface area contributed by atoms with Crippen LogP contribution in [0.25, 0.3) is 22.4 Å². The van der Waals surface area contributed by atoms with E-state index < -0.39 is 21.4 Å². The third-order valence-electron chi connectivity index (χ3n) is 9.20. The van der Waals surface area contributed by atoms with Crippen molar-refractivity contribution in [2.24, 2.45) is 5.92 Å². The minimum Gasteiger partial charge on any atom is -0.492 e. The summed E-state index contributed by atoms with van der Waals surface area (Å²) in [5.41, 5.74) is 5.10. The number of nitrogens with zero attached hydrogens (tertiary/aromatic N) is 4. The molecule has 0 spiro atoms. The molecule has 0 radical (unpaired) electrons. The van der Waals surface area contributed by atoms with Crippen molar-refractivity contribution < 1.29 is 23.1 Å². The van der Waals surface area contributed by atoms with Crippen molar-refractivity contribution in [3.05, 3.63) is 57.6 Å². The van der Waals surface area contributed by atoms with Crippen LogP contribution in [0.3, 0.4) is 0 Å². The molecule has 1 aliphatic carbocycles. The van der Waals surface area contributed by atoms with E-state index in [1.807, 2.05) is 21.6 Å². The number of aromatic carboxylic acids is 1. The lowest BCUT2D eigenvalue weighted by atomic mass is 9.82. The molecule has 11 heteroatoms. The first-order valence-corrected chi connectivity index (χ1v) is 16.0. The van der Waals surface area contributed by atoms with Crippen molar-refractivity contribution >= 4 is 16.0 Å². The third kappa shape index (κ3) is 4.32. The molecule has 5 heterocycles. The Bertz CT molecular complexity index is 1730. The monoisotopic (exact) mass is 578 g/mol. The number of rotatable bonds is 6. The highest BCUT2D eigenvalue weighted by molar-refractivity contribution is 7.90. The molecule has 7 rings (SSSR count). The Morgan fingerprint density at radius 3 is 2.56 bits per heavy atom. The number of carbonyl (C=O) groups is 1. The molecule has 1 aromatic carbocycles. The van der Waals surface area contributed by atoms with Gasteiger partial charge in [-0.2, -0.15) is 5.10 Å². The second kappa shape index (κ2) is 9.55. The van der Waals surface area contributed by atoms with Crippen LogP contribution in [0.4, 0.5) is 0 Å². The first-order valence-electron chi connectivity index (χ1n) is 14.5. The van der Waals surface area contributed by atoms with E-state index >= 15 is 0 Å². The average Bonchev–Trinajstić information content (AvgIpc) is 3.51. The van der Waals surface area contributed by atoms with Gasteiger partial charge in [0.05, 0.1) is 29.8 Å². The van der Waals surface area contributed by atoms with Gasteiger partial charge in [0.1, 0.15) is 11.3 Å². The van der Waals surface area contributed by atoms with Gasteiger partial charge in [-0.3, -0.25) is 9.48 Å². The van der Waals surface area contributed by atoms with E-state index in [1.165, 1.54) is 12.3 Å². The molecular formula is C30H34N4O6S. The number of pyridine rings is 1. The van der Waals surface area contributed by atoms with E-state index in [9.17, 15) is 23.1 Å². The number of piperidine rings is 1. The zero-order valence-corrected chi connectivity index (χ0v) is 24.1. The Balaban J connectivity index is 1.24. The molecule has 3 aromatic rings. The summed E-state index contributed by atoms with van der Waals surface area (Å²) in [6.45, 7) is 5.80. The van der Waals surface area contributed by atoms with Gasteiger partial charge in [-0.1, -0.05) is 13.8 Å². The van der Waals surface area contributed by atoms with Crippen LogP contribution < -0.4 is 10.2 Å². The molecule has 1 atom stereocenters. The third-order valence-corrected chi connectivity index (χ3v) is 11.6. The van der Waals surface area contributed by atoms with Crippen LogP contribution in [0.2, 0.25) is 0 Å². The van der Waals surface area contributed by atoms with E-state index in [-0.39, 0.29) is 28.8 Å². The van der Waals surface area contributed by atoms with Gasteiger partial charge in [0.2, 0.25) is 10.0 Å². The molecule has 1 saturated carbocycles. The van der Waals surface area contributed by atoms with E-state index in [0.29, 0.717) is 32.5 Å². The van der Waals surface area contributed by atoms with Crippen LogP contribution in [-0.4, -0.2) is 63.1 Å². The van der Waals surface area contributed by atoms with Gasteiger partial charge in [0, 0.05) is 66.3 Å². The highest BCUT2D eigenvalue weighted by Crippen LogP contribution is 2.48. The van der Waals surface area contributed by atoms with Crippen molar-refractivity contribution in [2.75, 3.05) is 19.7 Å². The van der Waals surface area contributed by atoms with Gasteiger partial charge in [-0.25, -0.2) is 17.5 Å². The number of carboxylic acids is 1. The quantitative estimate of drug-likeness (QED) is 0.471. The summed E-state index contributed by atoms with van der Waals surface area (Å²) < 4.78 is 37.1. The number of ether oxygens (including phenoxy) is 1.